The molecule has 27 heavy (non-hydrogen) atoms. The molecule has 0 saturated carbocycles. The Hall–Kier alpha value is -2.47. The van der Waals surface area contributed by atoms with E-state index >= 15 is 0 Å². The number of hydrogen-bond acceptors (Lipinski definition) is 3. The average molecular weight is 429 g/mol. The molecule has 0 unspecified atom stereocenters. The van der Waals surface area contributed by atoms with E-state index in [9.17, 15) is 4.79 Å². The summed E-state index contributed by atoms with van der Waals surface area (Å²) in [6.45, 7) is 4.95. The fourth-order valence-electron chi connectivity index (χ4n) is 3.40. The summed E-state index contributed by atoms with van der Waals surface area (Å²) in [5.41, 5.74) is 2.47. The predicted molar refractivity (Wildman–Crippen MR) is 109 cm³/mol. The number of hydrogen-bond donors (Lipinski definition) is 1. The summed E-state index contributed by atoms with van der Waals surface area (Å²) in [5, 5.41) is 4.11. The van der Waals surface area contributed by atoms with Crippen LogP contribution in [0.4, 0.5) is 0 Å². The summed E-state index contributed by atoms with van der Waals surface area (Å²) in [7, 11) is 1.91. The van der Waals surface area contributed by atoms with Gasteiger partial charge in [0.2, 0.25) is 6.79 Å². The average Bonchev–Trinajstić information content (AvgIpc) is 3.23. The number of carbonyl (C=O) groups is 1. The van der Waals surface area contributed by atoms with Gasteiger partial charge in [0.25, 0.3) is 5.91 Å². The Kier molecular flexibility index (Phi) is 4.38. The molecule has 0 saturated heterocycles. The number of aryl methyl sites for hydroxylation is 1. The van der Waals surface area contributed by atoms with Crippen LogP contribution in [-0.4, -0.2) is 23.8 Å². The molecule has 0 spiro atoms. The van der Waals surface area contributed by atoms with Crippen LogP contribution in [0.25, 0.3) is 10.9 Å². The van der Waals surface area contributed by atoms with Crippen molar-refractivity contribution in [1.29, 1.82) is 0 Å². The number of rotatable bonds is 4. The first-order chi connectivity index (χ1) is 12.9. The van der Waals surface area contributed by atoms with Crippen molar-refractivity contribution >= 4 is 32.7 Å². The van der Waals surface area contributed by atoms with E-state index in [-0.39, 0.29) is 18.1 Å². The van der Waals surface area contributed by atoms with Crippen molar-refractivity contribution in [3.8, 4) is 11.5 Å². The lowest BCUT2D eigenvalue weighted by Crippen LogP contribution is -2.37. The highest BCUT2D eigenvalue weighted by atomic mass is 79.9. The fraction of sp³-hybridized carbons (Fsp3) is 0.286. The lowest BCUT2D eigenvalue weighted by molar-refractivity contribution is 0.0937. The molecule has 1 N–H and O–H groups in total. The highest BCUT2D eigenvalue weighted by Crippen LogP contribution is 2.36. The molecule has 140 valence electrons. The molecule has 0 aliphatic carbocycles. The summed E-state index contributed by atoms with van der Waals surface area (Å²) in [4.78, 5) is 12.9. The molecular formula is C21H21BrN2O3. The van der Waals surface area contributed by atoms with Crippen molar-refractivity contribution in [1.82, 2.24) is 9.88 Å². The van der Waals surface area contributed by atoms with Crippen molar-refractivity contribution in [3.63, 3.8) is 0 Å². The van der Waals surface area contributed by atoms with Gasteiger partial charge in [-0.3, -0.25) is 4.79 Å². The molecule has 1 aromatic heterocycles. The highest BCUT2D eigenvalue weighted by molar-refractivity contribution is 9.10. The third kappa shape index (κ3) is 3.08. The van der Waals surface area contributed by atoms with Gasteiger partial charge >= 0.3 is 0 Å². The van der Waals surface area contributed by atoms with Crippen molar-refractivity contribution in [2.45, 2.75) is 19.3 Å². The van der Waals surface area contributed by atoms with Gasteiger partial charge in [-0.05, 0) is 39.7 Å². The quantitative estimate of drug-likeness (QED) is 0.670. The Balaban J connectivity index is 1.55. The van der Waals surface area contributed by atoms with Crippen LogP contribution in [0.5, 0.6) is 11.5 Å². The molecule has 2 heterocycles. The van der Waals surface area contributed by atoms with Gasteiger partial charge in [0.1, 0.15) is 5.69 Å². The first kappa shape index (κ1) is 17.9. The molecule has 0 radical (unpaired) electrons. The van der Waals surface area contributed by atoms with Crippen LogP contribution in [-0.2, 0) is 12.5 Å². The fourth-order valence-corrected chi connectivity index (χ4v) is 4.18. The maximum atomic E-state index is 12.9. The number of halogens is 1. The number of ether oxygens (including phenoxy) is 2. The van der Waals surface area contributed by atoms with Crippen LogP contribution in [0.1, 0.15) is 29.9 Å². The van der Waals surface area contributed by atoms with Crippen LogP contribution < -0.4 is 14.8 Å². The number of benzene rings is 2. The van der Waals surface area contributed by atoms with Crippen molar-refractivity contribution < 1.29 is 14.3 Å². The minimum Gasteiger partial charge on any atom is -0.454 e. The maximum absolute atomic E-state index is 12.9. The van der Waals surface area contributed by atoms with E-state index in [0.29, 0.717) is 12.2 Å². The maximum Gasteiger partial charge on any atom is 0.269 e. The van der Waals surface area contributed by atoms with Crippen LogP contribution in [0.2, 0.25) is 0 Å². The molecule has 1 aliphatic heterocycles. The number of carbonyl (C=O) groups excluding carboxylic acids is 1. The van der Waals surface area contributed by atoms with Gasteiger partial charge in [-0.25, -0.2) is 0 Å². The second-order valence-electron chi connectivity index (χ2n) is 7.37. The van der Waals surface area contributed by atoms with Gasteiger partial charge in [0.15, 0.2) is 11.5 Å². The van der Waals surface area contributed by atoms with E-state index < -0.39 is 0 Å². The highest BCUT2D eigenvalue weighted by Gasteiger charge is 2.26. The van der Waals surface area contributed by atoms with Gasteiger partial charge in [0, 0.05) is 29.9 Å². The molecule has 5 nitrogen and oxygen atoms in total. The monoisotopic (exact) mass is 428 g/mol. The molecule has 2 aromatic carbocycles. The molecule has 4 rings (SSSR count). The minimum atomic E-state index is -0.256. The lowest BCUT2D eigenvalue weighted by atomic mass is 9.84. The van der Waals surface area contributed by atoms with Gasteiger partial charge in [0.05, 0.1) is 4.47 Å². The van der Waals surface area contributed by atoms with Gasteiger partial charge < -0.3 is 19.4 Å². The zero-order valence-electron chi connectivity index (χ0n) is 15.5. The second kappa shape index (κ2) is 6.60. The molecule has 0 fully saturated rings. The van der Waals surface area contributed by atoms with E-state index in [1.807, 2.05) is 54.1 Å². The zero-order chi connectivity index (χ0) is 19.2. The molecule has 0 bridgehead atoms. The van der Waals surface area contributed by atoms with E-state index in [2.05, 4.69) is 35.1 Å². The summed E-state index contributed by atoms with van der Waals surface area (Å²) >= 11 is 3.59. The van der Waals surface area contributed by atoms with Crippen LogP contribution in [0.3, 0.4) is 0 Å². The summed E-state index contributed by atoms with van der Waals surface area (Å²) in [6.07, 6.45) is 0. The summed E-state index contributed by atoms with van der Waals surface area (Å²) in [5.74, 6) is 1.41. The lowest BCUT2D eigenvalue weighted by Gasteiger charge is -2.26. The number of aromatic nitrogens is 1. The SMILES string of the molecule is Cn1c(C(=O)NCC(C)(C)c2ccc3c(c2)OCO3)c(Br)c2ccccc21. The molecule has 1 aliphatic rings. The van der Waals surface area contributed by atoms with Crippen molar-refractivity contribution in [2.75, 3.05) is 13.3 Å². The second-order valence-corrected chi connectivity index (χ2v) is 8.17. The van der Waals surface area contributed by atoms with E-state index in [1.54, 1.807) is 0 Å². The Morgan fingerprint density at radius 1 is 1.19 bits per heavy atom. The third-order valence-corrected chi connectivity index (χ3v) is 5.91. The molecule has 3 aromatic rings. The van der Waals surface area contributed by atoms with Gasteiger partial charge in [-0.2, -0.15) is 0 Å². The first-order valence-electron chi connectivity index (χ1n) is 8.80. The summed E-state index contributed by atoms with van der Waals surface area (Å²) in [6, 6.07) is 13.9. The van der Waals surface area contributed by atoms with E-state index in [0.717, 1.165) is 32.4 Å². The van der Waals surface area contributed by atoms with Crippen LogP contribution in [0.15, 0.2) is 46.9 Å². The Morgan fingerprint density at radius 2 is 1.93 bits per heavy atom. The predicted octanol–water partition coefficient (Wildman–Crippen LogP) is 4.38. The molecule has 0 atom stereocenters. The largest absolute Gasteiger partial charge is 0.454 e. The van der Waals surface area contributed by atoms with Crippen molar-refractivity contribution in [3.05, 3.63) is 58.2 Å². The first-order valence-corrected chi connectivity index (χ1v) is 9.59. The number of nitrogens with zero attached hydrogens (tertiary/aromatic N) is 1. The summed E-state index contributed by atoms with van der Waals surface area (Å²) < 4.78 is 13.6. The third-order valence-electron chi connectivity index (χ3n) is 5.11. The smallest absolute Gasteiger partial charge is 0.269 e. The van der Waals surface area contributed by atoms with Gasteiger partial charge in [-0.15, -0.1) is 0 Å². The molecule has 6 heteroatoms. The number of para-hydroxylation sites is 1. The van der Waals surface area contributed by atoms with Crippen molar-refractivity contribution in [2.24, 2.45) is 7.05 Å². The normalized spacial score (nSPS) is 13.2. The molecular weight excluding hydrogens is 408 g/mol. The Bertz CT molecular complexity index is 1000. The Morgan fingerprint density at radius 3 is 2.70 bits per heavy atom. The van der Waals surface area contributed by atoms with E-state index in [1.165, 1.54) is 0 Å². The van der Waals surface area contributed by atoms with Crippen LogP contribution >= 0.6 is 15.9 Å². The topological polar surface area (TPSA) is 52.5 Å². The number of nitrogens with one attached hydrogen (secondary N) is 1. The zero-order valence-corrected chi connectivity index (χ0v) is 17.1. The minimum absolute atomic E-state index is 0.102. The van der Waals surface area contributed by atoms with Crippen LogP contribution in [0, 0.1) is 0 Å². The Labute approximate surface area is 166 Å². The number of fused-ring (bicyclic) bond motifs is 2. The van der Waals surface area contributed by atoms with Gasteiger partial charge in [-0.1, -0.05) is 38.1 Å². The van der Waals surface area contributed by atoms with E-state index in [4.69, 9.17) is 9.47 Å². The number of amides is 1. The molecule has 1 amide bonds. The standard InChI is InChI=1S/C21H21BrN2O3/c1-21(2,13-8-9-16-17(10-13)27-12-26-16)11-23-20(25)19-18(22)14-6-4-5-7-15(14)24(19)3/h4-10H,11-12H2,1-3H3,(H,23,25).